The van der Waals surface area contributed by atoms with Crippen molar-refractivity contribution in [1.82, 2.24) is 10.2 Å². The van der Waals surface area contributed by atoms with Gasteiger partial charge in [0.1, 0.15) is 5.60 Å². The summed E-state index contributed by atoms with van der Waals surface area (Å²) in [5.74, 6) is 0.529. The van der Waals surface area contributed by atoms with E-state index in [1.165, 1.54) is 23.1 Å². The highest BCUT2D eigenvalue weighted by molar-refractivity contribution is 5.86. The average molecular weight is 557 g/mol. The second-order valence-corrected chi connectivity index (χ2v) is 12.6. The van der Waals surface area contributed by atoms with E-state index in [4.69, 9.17) is 14.2 Å². The van der Waals surface area contributed by atoms with Crippen LogP contribution in [0.4, 0.5) is 0 Å². The van der Waals surface area contributed by atoms with E-state index in [0.29, 0.717) is 25.7 Å². The second kappa shape index (κ2) is 14.7. The number of rotatable bonds is 17. The van der Waals surface area contributed by atoms with Crippen molar-refractivity contribution in [2.45, 2.75) is 65.4 Å². The number of esters is 1. The molecule has 3 aliphatic rings. The van der Waals surface area contributed by atoms with Crippen LogP contribution in [-0.2, 0) is 23.8 Å². The van der Waals surface area contributed by atoms with Gasteiger partial charge in [0.2, 0.25) is 0 Å². The number of nitrogens with zero attached hydrogens (tertiary/aromatic N) is 1. The number of benzene rings is 1. The van der Waals surface area contributed by atoms with E-state index in [2.05, 4.69) is 54.5 Å². The summed E-state index contributed by atoms with van der Waals surface area (Å²) in [5, 5.41) is 3.30. The summed E-state index contributed by atoms with van der Waals surface area (Å²) in [4.78, 5) is 28.1. The lowest BCUT2D eigenvalue weighted by Crippen LogP contribution is -2.53. The van der Waals surface area contributed by atoms with Crippen molar-refractivity contribution in [2.24, 2.45) is 23.2 Å². The number of carbonyl (C=O) groups excluding carboxylic acids is 2. The Hall–Kier alpha value is -2.06. The summed E-state index contributed by atoms with van der Waals surface area (Å²) < 4.78 is 17.0. The number of Topliss-reactive ketones (excluding diaryl/α,β-unsaturated/α-hetero) is 1. The Morgan fingerprint density at radius 2 is 1.77 bits per heavy atom. The number of ketones is 1. The molecule has 40 heavy (non-hydrogen) atoms. The van der Waals surface area contributed by atoms with E-state index in [1.807, 2.05) is 20.8 Å². The average Bonchev–Trinajstić information content (AvgIpc) is 2.93. The van der Waals surface area contributed by atoms with Crippen LogP contribution in [0.25, 0.3) is 5.57 Å². The van der Waals surface area contributed by atoms with Crippen LogP contribution < -0.4 is 5.32 Å². The number of hydrogen-bond acceptors (Lipinski definition) is 7. The van der Waals surface area contributed by atoms with E-state index in [1.54, 1.807) is 14.2 Å². The van der Waals surface area contributed by atoms with Crippen molar-refractivity contribution in [3.8, 4) is 0 Å². The monoisotopic (exact) mass is 556 g/mol. The molecule has 224 valence electrons. The van der Waals surface area contributed by atoms with Crippen LogP contribution in [0, 0.1) is 23.2 Å². The first kappa shape index (κ1) is 32.5. The van der Waals surface area contributed by atoms with Crippen LogP contribution in [0.2, 0.25) is 0 Å². The Labute approximate surface area is 242 Å². The fourth-order valence-electron chi connectivity index (χ4n) is 6.59. The molecule has 0 unspecified atom stereocenters. The highest BCUT2D eigenvalue weighted by Crippen LogP contribution is 2.56. The molecule has 1 aromatic carbocycles. The van der Waals surface area contributed by atoms with Gasteiger partial charge in [0.15, 0.2) is 5.78 Å². The molecule has 1 saturated carbocycles. The second-order valence-electron chi connectivity index (χ2n) is 12.6. The van der Waals surface area contributed by atoms with Crippen LogP contribution in [0.3, 0.4) is 0 Å². The Morgan fingerprint density at radius 3 is 2.40 bits per heavy atom. The Balaban J connectivity index is 1.60. The van der Waals surface area contributed by atoms with Crippen molar-refractivity contribution in [3.63, 3.8) is 0 Å². The molecule has 0 saturated heterocycles. The lowest BCUT2D eigenvalue weighted by atomic mass is 9.57. The van der Waals surface area contributed by atoms with Crippen LogP contribution in [0.1, 0.15) is 65.4 Å². The summed E-state index contributed by atoms with van der Waals surface area (Å²) in [6.45, 7) is 11.5. The fraction of sp³-hybridized carbons (Fsp3) is 0.697. The minimum absolute atomic E-state index is 0.0944. The number of hydrogen-bond donors (Lipinski definition) is 1. The van der Waals surface area contributed by atoms with E-state index >= 15 is 0 Å². The molecular formula is C33H52N2O5. The zero-order valence-corrected chi connectivity index (χ0v) is 25.9. The largest absolute Gasteiger partial charge is 0.458 e. The maximum Gasteiger partial charge on any atom is 0.308 e. The molecule has 1 fully saturated rings. The number of ether oxygens (including phenoxy) is 3. The topological polar surface area (TPSA) is 77.1 Å². The van der Waals surface area contributed by atoms with Gasteiger partial charge in [0.05, 0.1) is 31.1 Å². The lowest BCUT2D eigenvalue weighted by molar-refractivity contribution is -0.176. The van der Waals surface area contributed by atoms with Crippen LogP contribution >= 0.6 is 0 Å². The molecule has 7 heteroatoms. The molecular weight excluding hydrogens is 504 g/mol. The van der Waals surface area contributed by atoms with Gasteiger partial charge in [-0.15, -0.1) is 0 Å². The summed E-state index contributed by atoms with van der Waals surface area (Å²) in [6.07, 6.45) is 4.89. The third-order valence-electron chi connectivity index (χ3n) is 8.97. The van der Waals surface area contributed by atoms with Crippen LogP contribution in [-0.4, -0.2) is 82.9 Å². The molecule has 0 aromatic heterocycles. The van der Waals surface area contributed by atoms with Gasteiger partial charge in [-0.3, -0.25) is 9.59 Å². The van der Waals surface area contributed by atoms with Gasteiger partial charge in [-0.2, -0.15) is 0 Å². The van der Waals surface area contributed by atoms with Gasteiger partial charge in [0, 0.05) is 33.1 Å². The highest BCUT2D eigenvalue weighted by Gasteiger charge is 2.53. The summed E-state index contributed by atoms with van der Waals surface area (Å²) in [7, 11) is 5.35. The van der Waals surface area contributed by atoms with Gasteiger partial charge in [0.25, 0.3) is 0 Å². The third-order valence-corrected chi connectivity index (χ3v) is 8.97. The zero-order chi connectivity index (χ0) is 29.3. The van der Waals surface area contributed by atoms with Crippen LogP contribution in [0.15, 0.2) is 35.9 Å². The van der Waals surface area contributed by atoms with E-state index in [9.17, 15) is 9.59 Å². The number of allylic oxidation sites excluding steroid dienone is 1. The maximum atomic E-state index is 13.0. The molecule has 3 atom stereocenters. The Bertz CT molecular complexity index is 1000. The first-order valence-corrected chi connectivity index (χ1v) is 15.0. The van der Waals surface area contributed by atoms with Gasteiger partial charge >= 0.3 is 5.97 Å². The normalized spacial score (nSPS) is 22.8. The van der Waals surface area contributed by atoms with Crippen molar-refractivity contribution < 1.29 is 23.8 Å². The van der Waals surface area contributed by atoms with Crippen molar-refractivity contribution in [2.75, 3.05) is 60.7 Å². The Kier molecular flexibility index (Phi) is 11.9. The molecule has 7 nitrogen and oxygen atoms in total. The Morgan fingerprint density at radius 1 is 1.10 bits per heavy atom. The number of carbonyl (C=O) groups is 2. The molecule has 0 radical (unpaired) electrons. The van der Waals surface area contributed by atoms with Crippen molar-refractivity contribution >= 4 is 17.3 Å². The number of fused-ring (bicyclic) bond motifs is 2. The summed E-state index contributed by atoms with van der Waals surface area (Å²) in [5.41, 5.74) is 3.02. The van der Waals surface area contributed by atoms with Gasteiger partial charge < -0.3 is 24.4 Å². The lowest BCUT2D eigenvalue weighted by Gasteiger charge is -2.53. The van der Waals surface area contributed by atoms with Gasteiger partial charge in [-0.05, 0) is 76.7 Å². The maximum absolute atomic E-state index is 13.0. The molecule has 0 spiro atoms. The van der Waals surface area contributed by atoms with Crippen molar-refractivity contribution in [3.05, 3.63) is 41.5 Å². The van der Waals surface area contributed by atoms with E-state index in [0.717, 1.165) is 45.3 Å². The smallest absolute Gasteiger partial charge is 0.308 e. The van der Waals surface area contributed by atoms with Crippen LogP contribution in [0.5, 0.6) is 0 Å². The SMILES string of the molecule is COCC(C)(COC)C(=O)CNCCCN(C)CC[C@@]1(OC(=O)C(C)C)C[C@H]2CC[C@@H]1C(c1ccccc1)=C2C. The molecule has 4 rings (SSSR count). The molecule has 0 heterocycles. The van der Waals surface area contributed by atoms with E-state index < -0.39 is 11.0 Å². The third kappa shape index (κ3) is 7.81. The first-order valence-electron chi connectivity index (χ1n) is 15.0. The quantitative estimate of drug-likeness (QED) is 0.214. The molecule has 0 aliphatic heterocycles. The minimum atomic E-state index is -0.639. The van der Waals surface area contributed by atoms with Gasteiger partial charge in [-0.25, -0.2) is 0 Å². The number of methoxy groups -OCH3 is 2. The zero-order valence-electron chi connectivity index (χ0n) is 25.9. The molecule has 1 N–H and O–H groups in total. The fourth-order valence-corrected chi connectivity index (χ4v) is 6.59. The summed E-state index contributed by atoms with van der Waals surface area (Å²) in [6, 6.07) is 10.7. The molecule has 0 amide bonds. The highest BCUT2D eigenvalue weighted by atomic mass is 16.6. The van der Waals surface area contributed by atoms with E-state index in [-0.39, 0.29) is 23.6 Å². The predicted octanol–water partition coefficient (Wildman–Crippen LogP) is 5.00. The molecule has 1 aromatic rings. The van der Waals surface area contributed by atoms with Gasteiger partial charge in [-0.1, -0.05) is 49.8 Å². The predicted molar refractivity (Wildman–Crippen MR) is 160 cm³/mol. The number of nitrogens with one attached hydrogen (secondary N) is 1. The molecule has 2 bridgehead atoms. The first-order chi connectivity index (χ1) is 19.1. The van der Waals surface area contributed by atoms with Crippen molar-refractivity contribution in [1.29, 1.82) is 0 Å². The molecule has 3 aliphatic carbocycles. The minimum Gasteiger partial charge on any atom is -0.458 e. The standard InChI is InChI=1S/C33H52N2O5/c1-24(2)31(37)40-33(20-27-14-15-28(33)30(25(27)3)26-12-9-8-10-13-26)16-19-35(5)18-11-17-34-21-29(36)32(4,22-38-6)23-39-7/h8-10,12-13,24,27-28,34H,11,14-23H2,1-7H3/t27-,28-,33-/m1/s1. The summed E-state index contributed by atoms with van der Waals surface area (Å²) >= 11 is 0.